The molecular formula is C14H22ClN3S. The summed E-state index contributed by atoms with van der Waals surface area (Å²) >= 11 is 8.32. The maximum atomic E-state index is 6.30. The van der Waals surface area contributed by atoms with Gasteiger partial charge < -0.3 is 4.90 Å². The number of hydrogen-bond donors (Lipinski definition) is 0. The van der Waals surface area contributed by atoms with Gasteiger partial charge in [0.2, 0.25) is 0 Å². The summed E-state index contributed by atoms with van der Waals surface area (Å²) in [5, 5.41) is 0.590. The zero-order chi connectivity index (χ0) is 14.0. The summed E-state index contributed by atoms with van der Waals surface area (Å²) in [6, 6.07) is 0. The predicted molar refractivity (Wildman–Crippen MR) is 84.6 cm³/mol. The third kappa shape index (κ3) is 3.54. The number of nitrogens with zero attached hydrogens (tertiary/aromatic N) is 3. The summed E-state index contributed by atoms with van der Waals surface area (Å²) in [6.45, 7) is 10.5. The van der Waals surface area contributed by atoms with Crippen LogP contribution in [0.1, 0.15) is 38.6 Å². The van der Waals surface area contributed by atoms with E-state index >= 15 is 0 Å². The van der Waals surface area contributed by atoms with Gasteiger partial charge in [-0.1, -0.05) is 32.4 Å². The van der Waals surface area contributed by atoms with E-state index in [-0.39, 0.29) is 5.41 Å². The largest absolute Gasteiger partial charge is 0.355 e. The lowest BCUT2D eigenvalue weighted by Crippen LogP contribution is -2.29. The van der Waals surface area contributed by atoms with E-state index in [2.05, 4.69) is 30.7 Å². The van der Waals surface area contributed by atoms with Gasteiger partial charge in [0, 0.05) is 29.8 Å². The van der Waals surface area contributed by atoms with Crippen LogP contribution in [0.15, 0.2) is 0 Å². The van der Waals surface area contributed by atoms with Crippen LogP contribution in [-0.2, 0) is 5.41 Å². The van der Waals surface area contributed by atoms with Gasteiger partial charge in [0.1, 0.15) is 16.8 Å². The Hall–Kier alpha value is -0.480. The SMILES string of the molecule is Cc1c(Cl)nc(C(C)(C)C)nc1N1CCCSCC1. The molecule has 0 saturated carbocycles. The standard InChI is InChI=1S/C14H22ClN3S/c1-10-11(15)16-13(14(2,3)4)17-12(10)18-6-5-8-19-9-7-18/h5-9H2,1-4H3. The quantitative estimate of drug-likeness (QED) is 0.740. The minimum absolute atomic E-state index is 0.0767. The maximum absolute atomic E-state index is 6.30. The molecule has 0 N–H and O–H groups in total. The summed E-state index contributed by atoms with van der Waals surface area (Å²) in [4.78, 5) is 11.6. The van der Waals surface area contributed by atoms with Crippen molar-refractivity contribution in [1.29, 1.82) is 0 Å². The fourth-order valence-corrected chi connectivity index (χ4v) is 3.13. The molecule has 0 unspecified atom stereocenters. The van der Waals surface area contributed by atoms with E-state index in [1.807, 2.05) is 18.7 Å². The first-order chi connectivity index (χ1) is 8.89. The summed E-state index contributed by atoms with van der Waals surface area (Å²) in [5.74, 6) is 4.24. The van der Waals surface area contributed by atoms with Crippen LogP contribution in [0.2, 0.25) is 5.15 Å². The zero-order valence-electron chi connectivity index (χ0n) is 12.2. The molecule has 1 aliphatic rings. The second-order valence-electron chi connectivity index (χ2n) is 5.99. The Kier molecular flexibility index (Phi) is 4.62. The van der Waals surface area contributed by atoms with Crippen molar-refractivity contribution in [1.82, 2.24) is 9.97 Å². The second-order valence-corrected chi connectivity index (χ2v) is 7.57. The Labute approximate surface area is 125 Å². The van der Waals surface area contributed by atoms with Crippen molar-refractivity contribution >= 4 is 29.2 Å². The maximum Gasteiger partial charge on any atom is 0.137 e. The fourth-order valence-electron chi connectivity index (χ4n) is 2.08. The Morgan fingerprint density at radius 1 is 1.16 bits per heavy atom. The van der Waals surface area contributed by atoms with E-state index < -0.39 is 0 Å². The van der Waals surface area contributed by atoms with Crippen LogP contribution in [0, 0.1) is 6.92 Å². The molecule has 1 aromatic rings. The monoisotopic (exact) mass is 299 g/mol. The molecule has 0 aliphatic carbocycles. The van der Waals surface area contributed by atoms with Crippen molar-refractivity contribution in [2.75, 3.05) is 29.5 Å². The van der Waals surface area contributed by atoms with Gasteiger partial charge in [0.05, 0.1) is 0 Å². The van der Waals surface area contributed by atoms with Gasteiger partial charge in [-0.05, 0) is 19.1 Å². The zero-order valence-corrected chi connectivity index (χ0v) is 13.7. The normalized spacial score (nSPS) is 17.4. The van der Waals surface area contributed by atoms with Gasteiger partial charge in [0.25, 0.3) is 0 Å². The number of hydrogen-bond acceptors (Lipinski definition) is 4. The molecule has 3 nitrogen and oxygen atoms in total. The molecule has 2 rings (SSSR count). The van der Waals surface area contributed by atoms with Gasteiger partial charge in [-0.2, -0.15) is 11.8 Å². The number of thioether (sulfide) groups is 1. The lowest BCUT2D eigenvalue weighted by molar-refractivity contribution is 0.543. The fraction of sp³-hybridized carbons (Fsp3) is 0.714. The Morgan fingerprint density at radius 2 is 1.89 bits per heavy atom. The van der Waals surface area contributed by atoms with E-state index in [9.17, 15) is 0 Å². The third-order valence-electron chi connectivity index (χ3n) is 3.25. The van der Waals surface area contributed by atoms with Crippen molar-refractivity contribution in [3.63, 3.8) is 0 Å². The first-order valence-corrected chi connectivity index (χ1v) is 8.30. The molecule has 1 aliphatic heterocycles. The van der Waals surface area contributed by atoms with E-state index in [4.69, 9.17) is 16.6 Å². The first-order valence-electron chi connectivity index (χ1n) is 6.77. The number of halogens is 1. The highest BCUT2D eigenvalue weighted by Crippen LogP contribution is 2.29. The molecule has 19 heavy (non-hydrogen) atoms. The summed E-state index contributed by atoms with van der Waals surface area (Å²) < 4.78 is 0. The minimum atomic E-state index is -0.0767. The van der Waals surface area contributed by atoms with Crippen molar-refractivity contribution < 1.29 is 0 Å². The molecule has 1 saturated heterocycles. The van der Waals surface area contributed by atoms with Gasteiger partial charge in [-0.3, -0.25) is 0 Å². The molecule has 0 spiro atoms. The van der Waals surface area contributed by atoms with E-state index in [0.717, 1.165) is 36.0 Å². The molecule has 106 valence electrons. The second kappa shape index (κ2) is 5.88. The lowest BCUT2D eigenvalue weighted by Gasteiger charge is -2.26. The third-order valence-corrected chi connectivity index (χ3v) is 4.67. The Morgan fingerprint density at radius 3 is 2.58 bits per heavy atom. The highest BCUT2D eigenvalue weighted by atomic mass is 35.5. The highest BCUT2D eigenvalue weighted by molar-refractivity contribution is 7.99. The summed E-state index contributed by atoms with van der Waals surface area (Å²) in [5.41, 5.74) is 0.925. The van der Waals surface area contributed by atoms with Crippen LogP contribution in [-0.4, -0.2) is 34.6 Å². The Bertz CT molecular complexity index is 449. The molecule has 0 bridgehead atoms. The van der Waals surface area contributed by atoms with Crippen molar-refractivity contribution in [3.05, 3.63) is 16.5 Å². The van der Waals surface area contributed by atoms with Crippen LogP contribution in [0.3, 0.4) is 0 Å². The van der Waals surface area contributed by atoms with Crippen molar-refractivity contribution in [3.8, 4) is 0 Å². The van der Waals surface area contributed by atoms with Crippen LogP contribution in [0.25, 0.3) is 0 Å². The highest BCUT2D eigenvalue weighted by Gasteiger charge is 2.23. The first kappa shape index (κ1) is 14.9. The van der Waals surface area contributed by atoms with Crippen LogP contribution in [0.4, 0.5) is 5.82 Å². The van der Waals surface area contributed by atoms with E-state index in [1.54, 1.807) is 0 Å². The van der Waals surface area contributed by atoms with E-state index in [1.165, 1.54) is 12.2 Å². The Balaban J connectivity index is 2.40. The summed E-state index contributed by atoms with van der Waals surface area (Å²) in [6.07, 6.45) is 1.20. The van der Waals surface area contributed by atoms with Gasteiger partial charge in [0.15, 0.2) is 0 Å². The van der Waals surface area contributed by atoms with Crippen LogP contribution in [0.5, 0.6) is 0 Å². The average molecular weight is 300 g/mol. The predicted octanol–water partition coefficient (Wildman–Crippen LogP) is 3.68. The molecule has 0 aromatic carbocycles. The number of rotatable bonds is 1. The van der Waals surface area contributed by atoms with Crippen LogP contribution >= 0.6 is 23.4 Å². The van der Waals surface area contributed by atoms with E-state index in [0.29, 0.717) is 5.15 Å². The van der Waals surface area contributed by atoms with Crippen LogP contribution < -0.4 is 4.90 Å². The molecule has 0 amide bonds. The molecule has 2 heterocycles. The van der Waals surface area contributed by atoms with Gasteiger partial charge in [-0.15, -0.1) is 0 Å². The number of aromatic nitrogens is 2. The average Bonchev–Trinajstić information content (AvgIpc) is 2.59. The van der Waals surface area contributed by atoms with Crippen molar-refractivity contribution in [2.24, 2.45) is 0 Å². The molecule has 0 atom stereocenters. The van der Waals surface area contributed by atoms with Crippen molar-refractivity contribution in [2.45, 2.75) is 39.5 Å². The van der Waals surface area contributed by atoms with Gasteiger partial charge >= 0.3 is 0 Å². The topological polar surface area (TPSA) is 29.0 Å². The molecule has 5 heteroatoms. The molecule has 0 radical (unpaired) electrons. The minimum Gasteiger partial charge on any atom is -0.355 e. The molecular weight excluding hydrogens is 278 g/mol. The van der Waals surface area contributed by atoms with Gasteiger partial charge in [-0.25, -0.2) is 9.97 Å². The summed E-state index contributed by atoms with van der Waals surface area (Å²) in [7, 11) is 0. The molecule has 1 fully saturated rings. The number of anilines is 1. The lowest BCUT2D eigenvalue weighted by atomic mass is 9.95. The molecule has 1 aromatic heterocycles. The smallest absolute Gasteiger partial charge is 0.137 e.